The van der Waals surface area contributed by atoms with Crippen molar-refractivity contribution in [2.75, 3.05) is 26.3 Å². The summed E-state index contributed by atoms with van der Waals surface area (Å²) >= 11 is 5.88. The van der Waals surface area contributed by atoms with Crippen molar-refractivity contribution in [1.82, 2.24) is 9.73 Å². The number of hydrazone groups is 1. The predicted molar refractivity (Wildman–Crippen MR) is 106 cm³/mol. The van der Waals surface area contributed by atoms with E-state index in [0.717, 1.165) is 0 Å². The molecule has 2 aromatic carbocycles. The van der Waals surface area contributed by atoms with Gasteiger partial charge in [0.2, 0.25) is 0 Å². The van der Waals surface area contributed by atoms with Crippen LogP contribution in [-0.4, -0.2) is 46.4 Å². The van der Waals surface area contributed by atoms with E-state index in [2.05, 4.69) is 10.5 Å². The quantitative estimate of drug-likeness (QED) is 0.593. The minimum atomic E-state index is -1.37. The number of benzene rings is 2. The molecule has 0 aliphatic carbocycles. The Bertz CT molecular complexity index is 932. The van der Waals surface area contributed by atoms with Crippen molar-refractivity contribution >= 4 is 34.2 Å². The standard InChI is InChI=1S/C19H19ClFN3O3S/c1-13(17-12-15(20)5-6-18(17)21)22-23-19(25)14-3-2-4-16(11-14)28(26)24-7-9-27-10-8-24/h2-6,11-12H,7-10H2,1H3,(H,23,25)/b22-13+. The molecule has 1 fully saturated rings. The Morgan fingerprint density at radius 3 is 2.75 bits per heavy atom. The summed E-state index contributed by atoms with van der Waals surface area (Å²) in [5, 5.41) is 4.32. The number of amides is 1. The van der Waals surface area contributed by atoms with Crippen LogP contribution >= 0.6 is 11.6 Å². The number of halogens is 2. The van der Waals surface area contributed by atoms with Gasteiger partial charge in [-0.1, -0.05) is 17.7 Å². The zero-order chi connectivity index (χ0) is 20.1. The molecule has 9 heteroatoms. The lowest BCUT2D eigenvalue weighted by atomic mass is 10.1. The first-order chi connectivity index (χ1) is 13.5. The highest BCUT2D eigenvalue weighted by Crippen LogP contribution is 2.16. The maximum Gasteiger partial charge on any atom is 0.271 e. The Morgan fingerprint density at radius 2 is 2.00 bits per heavy atom. The SMILES string of the molecule is C/C(=N\NC(=O)c1cccc(S(=O)N2CCOCC2)c1)c1cc(Cl)ccc1F. The first-order valence-electron chi connectivity index (χ1n) is 8.60. The molecule has 1 heterocycles. The van der Waals surface area contributed by atoms with E-state index >= 15 is 0 Å². The third-order valence-electron chi connectivity index (χ3n) is 4.15. The zero-order valence-electron chi connectivity index (χ0n) is 15.2. The van der Waals surface area contributed by atoms with Crippen LogP contribution in [-0.2, 0) is 15.7 Å². The van der Waals surface area contributed by atoms with Gasteiger partial charge in [-0.25, -0.2) is 18.3 Å². The van der Waals surface area contributed by atoms with E-state index in [1.54, 1.807) is 35.5 Å². The van der Waals surface area contributed by atoms with Crippen LogP contribution in [0.5, 0.6) is 0 Å². The fourth-order valence-electron chi connectivity index (χ4n) is 2.64. The minimum absolute atomic E-state index is 0.204. The van der Waals surface area contributed by atoms with Crippen molar-refractivity contribution in [2.45, 2.75) is 11.8 Å². The smallest absolute Gasteiger partial charge is 0.271 e. The normalized spacial score (nSPS) is 16.6. The van der Waals surface area contributed by atoms with Crippen LogP contribution in [0.1, 0.15) is 22.8 Å². The molecule has 6 nitrogen and oxygen atoms in total. The summed E-state index contributed by atoms with van der Waals surface area (Å²) in [5.74, 6) is -0.967. The van der Waals surface area contributed by atoms with Crippen molar-refractivity contribution in [3.8, 4) is 0 Å². The molecule has 0 radical (unpaired) electrons. The average molecular weight is 424 g/mol. The number of hydrogen-bond donors (Lipinski definition) is 1. The van der Waals surface area contributed by atoms with E-state index in [9.17, 15) is 13.4 Å². The van der Waals surface area contributed by atoms with Gasteiger partial charge >= 0.3 is 0 Å². The molecule has 3 rings (SSSR count). The van der Waals surface area contributed by atoms with Gasteiger partial charge in [0.25, 0.3) is 5.91 Å². The Hall–Kier alpha value is -2.13. The molecule has 148 valence electrons. The summed E-state index contributed by atoms with van der Waals surface area (Å²) in [6, 6.07) is 10.6. The molecule has 1 unspecified atom stereocenters. The number of carbonyl (C=O) groups excluding carboxylic acids is 1. The fraction of sp³-hybridized carbons (Fsp3) is 0.263. The van der Waals surface area contributed by atoms with Crippen LogP contribution in [0, 0.1) is 5.82 Å². The summed E-state index contributed by atoms with van der Waals surface area (Å²) < 4.78 is 33.6. The molecule has 1 aliphatic rings. The number of hydrogen-bond acceptors (Lipinski definition) is 4. The lowest BCUT2D eigenvalue weighted by molar-refractivity contribution is 0.0752. The van der Waals surface area contributed by atoms with Gasteiger partial charge in [0.05, 0.1) is 23.8 Å². The van der Waals surface area contributed by atoms with Gasteiger partial charge in [-0.2, -0.15) is 5.10 Å². The Morgan fingerprint density at radius 1 is 1.25 bits per heavy atom. The lowest BCUT2D eigenvalue weighted by Gasteiger charge is -2.25. The highest BCUT2D eigenvalue weighted by molar-refractivity contribution is 7.82. The number of nitrogens with zero attached hydrogens (tertiary/aromatic N) is 2. The number of rotatable bonds is 5. The van der Waals surface area contributed by atoms with Gasteiger partial charge in [0, 0.05) is 29.2 Å². The Kier molecular flexibility index (Phi) is 6.90. The molecule has 2 aromatic rings. The summed E-state index contributed by atoms with van der Waals surface area (Å²) in [6.07, 6.45) is 0. The van der Waals surface area contributed by atoms with Gasteiger partial charge in [0.1, 0.15) is 16.8 Å². The van der Waals surface area contributed by atoms with Crippen LogP contribution in [0.4, 0.5) is 4.39 Å². The van der Waals surface area contributed by atoms with Crippen LogP contribution in [0.25, 0.3) is 0 Å². The molecule has 0 aromatic heterocycles. The topological polar surface area (TPSA) is 71.0 Å². The summed E-state index contributed by atoms with van der Waals surface area (Å²) in [6.45, 7) is 3.76. The molecule has 1 aliphatic heterocycles. The van der Waals surface area contributed by atoms with Crippen LogP contribution in [0.15, 0.2) is 52.5 Å². The summed E-state index contributed by atoms with van der Waals surface area (Å²) in [7, 11) is -1.37. The third kappa shape index (κ3) is 5.02. The second-order valence-corrected chi connectivity index (χ2v) is 8.00. The molecule has 0 saturated carbocycles. The predicted octanol–water partition coefficient (Wildman–Crippen LogP) is 2.99. The van der Waals surface area contributed by atoms with E-state index in [4.69, 9.17) is 16.3 Å². The minimum Gasteiger partial charge on any atom is -0.379 e. The monoisotopic (exact) mass is 423 g/mol. The second kappa shape index (κ2) is 9.38. The van der Waals surface area contributed by atoms with Crippen LogP contribution in [0.3, 0.4) is 0 Å². The summed E-state index contributed by atoms with van der Waals surface area (Å²) in [5.41, 5.74) is 3.19. The van der Waals surface area contributed by atoms with Gasteiger partial charge < -0.3 is 4.74 Å². The Labute approximate surface area is 169 Å². The largest absolute Gasteiger partial charge is 0.379 e. The molecular formula is C19H19ClFN3O3S. The molecular weight excluding hydrogens is 405 g/mol. The average Bonchev–Trinajstić information content (AvgIpc) is 2.73. The maximum atomic E-state index is 13.9. The van der Waals surface area contributed by atoms with Gasteiger partial charge in [-0.3, -0.25) is 4.79 Å². The number of nitrogens with one attached hydrogen (secondary N) is 1. The van der Waals surface area contributed by atoms with Gasteiger partial charge in [-0.05, 0) is 43.3 Å². The lowest BCUT2D eigenvalue weighted by Crippen LogP contribution is -2.37. The molecule has 1 atom stereocenters. The van der Waals surface area contributed by atoms with Crippen molar-refractivity contribution in [1.29, 1.82) is 0 Å². The van der Waals surface area contributed by atoms with E-state index in [0.29, 0.717) is 41.8 Å². The summed E-state index contributed by atoms with van der Waals surface area (Å²) in [4.78, 5) is 12.9. The van der Waals surface area contributed by atoms with Crippen molar-refractivity contribution in [3.05, 3.63) is 64.4 Å². The number of morpholine rings is 1. The van der Waals surface area contributed by atoms with Crippen LogP contribution in [0.2, 0.25) is 5.02 Å². The second-order valence-electron chi connectivity index (χ2n) is 6.08. The van der Waals surface area contributed by atoms with E-state index in [1.165, 1.54) is 18.2 Å². The molecule has 0 bridgehead atoms. The highest BCUT2D eigenvalue weighted by Gasteiger charge is 2.19. The Balaban J connectivity index is 1.72. The number of carbonyl (C=O) groups is 1. The first-order valence-corrected chi connectivity index (χ1v) is 10.1. The molecule has 0 spiro atoms. The van der Waals surface area contributed by atoms with Gasteiger partial charge in [-0.15, -0.1) is 0 Å². The molecule has 28 heavy (non-hydrogen) atoms. The molecule has 1 amide bonds. The zero-order valence-corrected chi connectivity index (χ0v) is 16.7. The van der Waals surface area contributed by atoms with Crippen molar-refractivity contribution in [3.63, 3.8) is 0 Å². The van der Waals surface area contributed by atoms with E-state index in [1.807, 2.05) is 0 Å². The fourth-order valence-corrected chi connectivity index (χ4v) is 4.02. The highest BCUT2D eigenvalue weighted by atomic mass is 35.5. The first kappa shape index (κ1) is 20.6. The van der Waals surface area contributed by atoms with Crippen molar-refractivity contribution < 1.29 is 18.1 Å². The van der Waals surface area contributed by atoms with E-state index < -0.39 is 22.7 Å². The van der Waals surface area contributed by atoms with Gasteiger partial charge in [0.15, 0.2) is 0 Å². The van der Waals surface area contributed by atoms with Crippen LogP contribution < -0.4 is 5.43 Å². The molecule has 1 saturated heterocycles. The number of ether oxygens (including phenoxy) is 1. The maximum absolute atomic E-state index is 13.9. The van der Waals surface area contributed by atoms with Crippen molar-refractivity contribution in [2.24, 2.45) is 5.10 Å². The molecule has 1 N–H and O–H groups in total. The van der Waals surface area contributed by atoms with E-state index in [-0.39, 0.29) is 11.3 Å². The third-order valence-corrected chi connectivity index (χ3v) is 5.87.